The maximum Gasteiger partial charge on any atom is 0.472 e. The summed E-state index contributed by atoms with van der Waals surface area (Å²) in [5.41, 5.74) is 0. The van der Waals surface area contributed by atoms with Gasteiger partial charge in [-0.25, -0.2) is 9.13 Å². The summed E-state index contributed by atoms with van der Waals surface area (Å²) in [6.45, 7) is 4.71. The Morgan fingerprint density at radius 1 is 0.296 bits per heavy atom. The second-order valence-corrected chi connectivity index (χ2v) is 28.5. The number of phosphoric ester groups is 2. The van der Waals surface area contributed by atoms with E-state index >= 15 is 0 Å². The van der Waals surface area contributed by atoms with Crippen LogP contribution >= 0.6 is 15.6 Å². The van der Waals surface area contributed by atoms with Crippen LogP contribution in [-0.2, 0) is 65.4 Å². The van der Waals surface area contributed by atoms with Crippen LogP contribution in [0.4, 0.5) is 0 Å². The number of rotatable bonds is 72. The molecule has 0 rings (SSSR count). The van der Waals surface area contributed by atoms with E-state index in [0.29, 0.717) is 32.1 Å². The minimum Gasteiger partial charge on any atom is -0.462 e. The van der Waals surface area contributed by atoms with E-state index in [9.17, 15) is 43.2 Å². The third-order valence-corrected chi connectivity index (χ3v) is 17.9. The summed E-state index contributed by atoms with van der Waals surface area (Å²) in [4.78, 5) is 72.8. The van der Waals surface area contributed by atoms with Gasteiger partial charge in [0.1, 0.15) is 19.3 Å². The molecule has 0 aromatic carbocycles. The maximum absolute atomic E-state index is 13.1. The van der Waals surface area contributed by atoms with Gasteiger partial charge in [-0.05, 0) is 141 Å². The fourth-order valence-corrected chi connectivity index (χ4v) is 11.7. The third kappa shape index (κ3) is 70.4. The number of hydrogen-bond donors (Lipinski definition) is 3. The first kappa shape index (κ1) is 94.0. The third-order valence-electron chi connectivity index (χ3n) is 16.0. The molecule has 0 bridgehead atoms. The summed E-state index contributed by atoms with van der Waals surface area (Å²) in [6, 6.07) is 0. The molecule has 19 heteroatoms. The van der Waals surface area contributed by atoms with Crippen LogP contribution in [0.1, 0.15) is 323 Å². The van der Waals surface area contributed by atoms with Gasteiger partial charge in [0.15, 0.2) is 12.2 Å². The molecule has 0 saturated heterocycles. The van der Waals surface area contributed by atoms with Gasteiger partial charge in [0.2, 0.25) is 0 Å². The van der Waals surface area contributed by atoms with Gasteiger partial charge in [0, 0.05) is 25.7 Å². The van der Waals surface area contributed by atoms with Crippen LogP contribution in [0.5, 0.6) is 0 Å². The van der Waals surface area contributed by atoms with Gasteiger partial charge in [0.25, 0.3) is 0 Å². The molecule has 0 aliphatic heterocycles. The van der Waals surface area contributed by atoms with Crippen molar-refractivity contribution in [2.24, 2.45) is 0 Å². The molecule has 0 heterocycles. The zero-order chi connectivity index (χ0) is 71.8. The molecule has 0 aromatic rings. The summed E-state index contributed by atoms with van der Waals surface area (Å²) in [5, 5.41) is 10.6. The molecule has 5 atom stereocenters. The van der Waals surface area contributed by atoms with E-state index in [1.165, 1.54) is 96.3 Å². The quantitative estimate of drug-likeness (QED) is 0.0128. The van der Waals surface area contributed by atoms with Gasteiger partial charge in [-0.15, -0.1) is 0 Å². The number of ether oxygens (including phenoxy) is 4. The van der Waals surface area contributed by atoms with Crippen LogP contribution in [-0.4, -0.2) is 96.7 Å². The number of esters is 4. The van der Waals surface area contributed by atoms with Crippen molar-refractivity contribution in [2.75, 3.05) is 39.6 Å². The van der Waals surface area contributed by atoms with Crippen molar-refractivity contribution in [3.8, 4) is 0 Å². The number of carbonyl (C=O) groups excluding carboxylic acids is 4. The van der Waals surface area contributed by atoms with Gasteiger partial charge in [-0.2, -0.15) is 0 Å². The number of aliphatic hydroxyl groups is 1. The molecule has 0 saturated carbocycles. The highest BCUT2D eigenvalue weighted by Gasteiger charge is 2.30. The van der Waals surface area contributed by atoms with E-state index in [0.717, 1.165) is 141 Å². The summed E-state index contributed by atoms with van der Waals surface area (Å²) < 4.78 is 68.4. The normalized spacial score (nSPS) is 14.5. The summed E-state index contributed by atoms with van der Waals surface area (Å²) >= 11 is 0. The number of unbranched alkanes of at least 4 members (excludes halogenated alkanes) is 31. The van der Waals surface area contributed by atoms with E-state index in [1.54, 1.807) is 0 Å². The topological polar surface area (TPSA) is 237 Å². The lowest BCUT2D eigenvalue weighted by atomic mass is 10.1. The van der Waals surface area contributed by atoms with Crippen molar-refractivity contribution >= 4 is 39.5 Å². The first-order valence-corrected chi connectivity index (χ1v) is 41.5. The summed E-state index contributed by atoms with van der Waals surface area (Å²) in [5.74, 6) is -2.27. The smallest absolute Gasteiger partial charge is 0.462 e. The Morgan fingerprint density at radius 3 is 0.898 bits per heavy atom. The highest BCUT2D eigenvalue weighted by molar-refractivity contribution is 7.47. The molecule has 0 aliphatic carbocycles. The Kier molecular flexibility index (Phi) is 68.4. The van der Waals surface area contributed by atoms with E-state index in [4.69, 9.17) is 37.0 Å². The number of hydrogen-bond acceptors (Lipinski definition) is 15. The second-order valence-electron chi connectivity index (χ2n) is 25.6. The van der Waals surface area contributed by atoms with Crippen molar-refractivity contribution in [3.63, 3.8) is 0 Å². The lowest BCUT2D eigenvalue weighted by Crippen LogP contribution is -2.30. The molecule has 0 radical (unpaired) electrons. The number of carbonyl (C=O) groups is 4. The summed E-state index contributed by atoms with van der Waals surface area (Å²) in [6.07, 6.45) is 74.0. The molecule has 17 nitrogen and oxygen atoms in total. The Hall–Kier alpha value is -4.02. The molecular weight excluding hydrogens is 1280 g/mol. The monoisotopic (exact) mass is 1420 g/mol. The second kappa shape index (κ2) is 71.4. The molecular formula is C79H138O17P2. The maximum atomic E-state index is 13.1. The first-order chi connectivity index (χ1) is 47.7. The molecule has 98 heavy (non-hydrogen) atoms. The van der Waals surface area contributed by atoms with Gasteiger partial charge in [0.05, 0.1) is 26.4 Å². The van der Waals surface area contributed by atoms with Crippen LogP contribution in [0.2, 0.25) is 0 Å². The summed E-state index contributed by atoms with van der Waals surface area (Å²) in [7, 11) is -9.97. The zero-order valence-electron chi connectivity index (χ0n) is 61.7. The molecule has 2 unspecified atom stereocenters. The van der Waals surface area contributed by atoms with Crippen LogP contribution in [0, 0.1) is 0 Å². The SMILES string of the molecule is CCCCC/C=C\C/C=C\C/C=C\C/C=C\CCCC(=O)OC[C@H](COP(=O)(O)OC[C@@H](O)COP(=O)(O)OC[C@@H](COC(=O)CCCCCCC/C=C\C=C/CCCCCC)OC(=O)CCCCCCC/C=C\CCCCCC)OC(=O)CCCCCCC/C=C\CCCCCC. The van der Waals surface area contributed by atoms with Crippen molar-refractivity contribution in [1.82, 2.24) is 0 Å². The van der Waals surface area contributed by atoms with Crippen molar-refractivity contribution in [1.29, 1.82) is 0 Å². The molecule has 566 valence electrons. The van der Waals surface area contributed by atoms with Crippen LogP contribution < -0.4 is 0 Å². The van der Waals surface area contributed by atoms with Crippen molar-refractivity contribution < 1.29 is 80.2 Å². The molecule has 0 amide bonds. The molecule has 0 aromatic heterocycles. The van der Waals surface area contributed by atoms with Crippen molar-refractivity contribution in [2.45, 2.75) is 341 Å². The predicted molar refractivity (Wildman–Crippen MR) is 399 cm³/mol. The fourth-order valence-electron chi connectivity index (χ4n) is 10.1. The number of aliphatic hydroxyl groups excluding tert-OH is 1. The zero-order valence-corrected chi connectivity index (χ0v) is 63.5. The van der Waals surface area contributed by atoms with E-state index in [2.05, 4.69) is 113 Å². The van der Waals surface area contributed by atoms with Gasteiger partial charge < -0.3 is 33.8 Å². The van der Waals surface area contributed by atoms with E-state index in [-0.39, 0.29) is 25.7 Å². The van der Waals surface area contributed by atoms with Crippen molar-refractivity contribution in [3.05, 3.63) is 97.2 Å². The molecule has 0 spiro atoms. The Balaban J connectivity index is 5.40. The molecule has 3 N–H and O–H groups in total. The van der Waals surface area contributed by atoms with Crippen LogP contribution in [0.15, 0.2) is 97.2 Å². The van der Waals surface area contributed by atoms with Gasteiger partial charge >= 0.3 is 39.5 Å². The van der Waals surface area contributed by atoms with Crippen LogP contribution in [0.25, 0.3) is 0 Å². The molecule has 0 fully saturated rings. The first-order valence-electron chi connectivity index (χ1n) is 38.5. The lowest BCUT2D eigenvalue weighted by Gasteiger charge is -2.21. The highest BCUT2D eigenvalue weighted by Crippen LogP contribution is 2.45. The van der Waals surface area contributed by atoms with Crippen LogP contribution in [0.3, 0.4) is 0 Å². The van der Waals surface area contributed by atoms with Gasteiger partial charge in [-0.3, -0.25) is 37.3 Å². The Morgan fingerprint density at radius 2 is 0.541 bits per heavy atom. The number of allylic oxidation sites excluding steroid dienone is 16. The largest absolute Gasteiger partial charge is 0.472 e. The lowest BCUT2D eigenvalue weighted by molar-refractivity contribution is -0.161. The molecule has 0 aliphatic rings. The highest BCUT2D eigenvalue weighted by atomic mass is 31.2. The minimum absolute atomic E-state index is 0.0730. The standard InChI is InChI=1S/C79H138O17P2/c1-5-9-13-17-21-25-29-33-35-36-38-42-44-48-52-56-60-64-77(82)90-70-75(96-79(84)66-62-58-54-50-46-40-32-28-24-20-16-12-8-4)72-94-98(87,88)92-68-73(80)67-91-97(85,86)93-71-74(95-78(83)65-61-57-53-49-45-39-31-27-23-19-15-11-7-3)69-89-76(81)63-59-55-51-47-43-41-37-34-30-26-22-18-14-10-6-2/h21,25-28,30-35,37-38,42,48,52,73-75,80H,5-20,22-24,29,36,39-41,43-47,49-51,53-72H2,1-4H3,(H,85,86)(H,87,88)/b25-21-,30-26-,31-27-,32-28-,35-33-,37-34-,42-38-,52-48-/t73-,74+,75+/m0/s1. The average Bonchev–Trinajstić information content (AvgIpc) is 0.969. The fraction of sp³-hybridized carbons (Fsp3) is 0.747. The Labute approximate surface area is 595 Å². The van der Waals surface area contributed by atoms with E-state index in [1.807, 2.05) is 12.2 Å². The average molecular weight is 1420 g/mol. The minimum atomic E-state index is -4.99. The van der Waals surface area contributed by atoms with Gasteiger partial charge in [-0.1, -0.05) is 253 Å². The predicted octanol–water partition coefficient (Wildman–Crippen LogP) is 22.0. The van der Waals surface area contributed by atoms with E-state index < -0.39 is 97.5 Å². The Bertz CT molecular complexity index is 2240. The number of phosphoric acid groups is 2.